The van der Waals surface area contributed by atoms with E-state index in [2.05, 4.69) is 21.8 Å². The largest absolute Gasteiger partial charge is 0.308 e. The van der Waals surface area contributed by atoms with Crippen LogP contribution in [0, 0.1) is 5.82 Å². The molecule has 96 valence electrons. The predicted octanol–water partition coefficient (Wildman–Crippen LogP) is 2.96. The SMILES string of the molecule is CCCNC(Cc1ccc(F)cc1)c1csnn1. The maximum atomic E-state index is 12.9. The molecule has 18 heavy (non-hydrogen) atoms. The third-order valence-corrected chi connectivity index (χ3v) is 3.25. The minimum atomic E-state index is -0.202. The Bertz CT molecular complexity index is 456. The summed E-state index contributed by atoms with van der Waals surface area (Å²) in [5, 5.41) is 9.52. The summed E-state index contributed by atoms with van der Waals surface area (Å²) in [5.74, 6) is -0.202. The van der Waals surface area contributed by atoms with Crippen molar-refractivity contribution in [2.24, 2.45) is 0 Å². The summed E-state index contributed by atoms with van der Waals surface area (Å²) >= 11 is 1.35. The van der Waals surface area contributed by atoms with Gasteiger partial charge in [0.25, 0.3) is 0 Å². The molecule has 0 aliphatic carbocycles. The van der Waals surface area contributed by atoms with Crippen LogP contribution in [0.3, 0.4) is 0 Å². The first-order valence-electron chi connectivity index (χ1n) is 6.04. The molecule has 0 aliphatic heterocycles. The van der Waals surface area contributed by atoms with E-state index in [-0.39, 0.29) is 11.9 Å². The highest BCUT2D eigenvalue weighted by Crippen LogP contribution is 2.17. The first kappa shape index (κ1) is 13.1. The van der Waals surface area contributed by atoms with Gasteiger partial charge in [-0.3, -0.25) is 0 Å². The van der Waals surface area contributed by atoms with Gasteiger partial charge in [-0.15, -0.1) is 5.10 Å². The summed E-state index contributed by atoms with van der Waals surface area (Å²) < 4.78 is 16.8. The Hall–Kier alpha value is -1.33. The molecule has 0 spiro atoms. The summed E-state index contributed by atoms with van der Waals surface area (Å²) in [6.45, 7) is 3.06. The van der Waals surface area contributed by atoms with Crippen LogP contribution in [0.15, 0.2) is 29.6 Å². The summed E-state index contributed by atoms with van der Waals surface area (Å²) in [6.07, 6.45) is 1.86. The van der Waals surface area contributed by atoms with Gasteiger partial charge in [0, 0.05) is 5.38 Å². The zero-order valence-corrected chi connectivity index (χ0v) is 11.1. The van der Waals surface area contributed by atoms with Gasteiger partial charge < -0.3 is 5.32 Å². The molecule has 0 amide bonds. The van der Waals surface area contributed by atoms with Crippen LogP contribution in [0.25, 0.3) is 0 Å². The molecule has 2 aromatic rings. The topological polar surface area (TPSA) is 37.8 Å². The van der Waals surface area contributed by atoms with Crippen molar-refractivity contribution in [2.75, 3.05) is 6.54 Å². The lowest BCUT2D eigenvalue weighted by molar-refractivity contribution is 0.516. The first-order valence-corrected chi connectivity index (χ1v) is 6.88. The molecule has 5 heteroatoms. The highest BCUT2D eigenvalue weighted by atomic mass is 32.1. The minimum absolute atomic E-state index is 0.147. The second-order valence-corrected chi connectivity index (χ2v) is 4.78. The fourth-order valence-corrected chi connectivity index (χ4v) is 2.29. The highest BCUT2D eigenvalue weighted by molar-refractivity contribution is 7.03. The van der Waals surface area contributed by atoms with Crippen molar-refractivity contribution < 1.29 is 4.39 Å². The van der Waals surface area contributed by atoms with Crippen LogP contribution >= 0.6 is 11.5 Å². The summed E-state index contributed by atoms with van der Waals surface area (Å²) in [7, 11) is 0. The van der Waals surface area contributed by atoms with Gasteiger partial charge in [0.2, 0.25) is 0 Å². The molecule has 0 saturated heterocycles. The molecule has 2 rings (SSSR count). The van der Waals surface area contributed by atoms with E-state index >= 15 is 0 Å². The van der Waals surface area contributed by atoms with Crippen molar-refractivity contribution >= 4 is 11.5 Å². The summed E-state index contributed by atoms with van der Waals surface area (Å²) in [6, 6.07) is 6.76. The van der Waals surface area contributed by atoms with Crippen LogP contribution in [0.2, 0.25) is 0 Å². The summed E-state index contributed by atoms with van der Waals surface area (Å²) in [5.41, 5.74) is 2.05. The maximum absolute atomic E-state index is 12.9. The molecule has 1 aromatic carbocycles. The highest BCUT2D eigenvalue weighted by Gasteiger charge is 2.14. The molecule has 1 aromatic heterocycles. The van der Waals surface area contributed by atoms with Crippen LogP contribution in [0.5, 0.6) is 0 Å². The second kappa shape index (κ2) is 6.56. The van der Waals surface area contributed by atoms with E-state index in [1.807, 2.05) is 17.5 Å². The van der Waals surface area contributed by atoms with Gasteiger partial charge in [-0.2, -0.15) is 0 Å². The number of benzene rings is 1. The Kier molecular flexibility index (Phi) is 4.78. The van der Waals surface area contributed by atoms with Crippen molar-refractivity contribution in [1.82, 2.24) is 14.9 Å². The standard InChI is InChI=1S/C13H16FN3S/c1-2-7-15-12(13-9-18-17-16-13)8-10-3-5-11(14)6-4-10/h3-6,9,12,15H,2,7-8H2,1H3. The van der Waals surface area contributed by atoms with Crippen LogP contribution in [0.4, 0.5) is 4.39 Å². The van der Waals surface area contributed by atoms with E-state index < -0.39 is 0 Å². The van der Waals surface area contributed by atoms with Crippen molar-refractivity contribution in [1.29, 1.82) is 0 Å². The van der Waals surface area contributed by atoms with Crippen LogP contribution < -0.4 is 5.32 Å². The van der Waals surface area contributed by atoms with Gasteiger partial charge >= 0.3 is 0 Å². The number of nitrogens with one attached hydrogen (secondary N) is 1. The Morgan fingerprint density at radius 3 is 2.72 bits per heavy atom. The number of nitrogens with zero attached hydrogens (tertiary/aromatic N) is 2. The van der Waals surface area contributed by atoms with Crippen molar-refractivity contribution in [3.63, 3.8) is 0 Å². The van der Waals surface area contributed by atoms with Crippen LogP contribution in [-0.2, 0) is 6.42 Å². The van der Waals surface area contributed by atoms with E-state index in [9.17, 15) is 4.39 Å². The van der Waals surface area contributed by atoms with E-state index in [1.165, 1.54) is 23.7 Å². The number of rotatable bonds is 6. The van der Waals surface area contributed by atoms with Gasteiger partial charge in [-0.1, -0.05) is 23.5 Å². The normalized spacial score (nSPS) is 12.6. The van der Waals surface area contributed by atoms with Crippen LogP contribution in [-0.4, -0.2) is 16.1 Å². The Labute approximate surface area is 110 Å². The average molecular weight is 265 g/mol. The third-order valence-electron chi connectivity index (χ3n) is 2.73. The lowest BCUT2D eigenvalue weighted by Crippen LogP contribution is -2.24. The van der Waals surface area contributed by atoms with Crippen molar-refractivity contribution in [3.05, 3.63) is 46.7 Å². The quantitative estimate of drug-likeness (QED) is 0.872. The second-order valence-electron chi connectivity index (χ2n) is 4.17. The van der Waals surface area contributed by atoms with Crippen molar-refractivity contribution in [2.45, 2.75) is 25.8 Å². The molecule has 0 fully saturated rings. The van der Waals surface area contributed by atoms with Gasteiger partial charge in [0.1, 0.15) is 5.82 Å². The predicted molar refractivity (Wildman–Crippen MR) is 71.0 cm³/mol. The van der Waals surface area contributed by atoms with Gasteiger partial charge in [0.15, 0.2) is 0 Å². The first-order chi connectivity index (χ1) is 8.79. The lowest BCUT2D eigenvalue weighted by Gasteiger charge is -2.16. The van der Waals surface area contributed by atoms with Crippen LogP contribution in [0.1, 0.15) is 30.6 Å². The average Bonchev–Trinajstić information content (AvgIpc) is 2.90. The molecule has 0 saturated carbocycles. The smallest absolute Gasteiger partial charge is 0.123 e. The van der Waals surface area contributed by atoms with E-state index in [0.717, 1.165) is 30.6 Å². The molecule has 1 heterocycles. The molecule has 0 radical (unpaired) electrons. The Balaban J connectivity index is 2.07. The number of hydrogen-bond acceptors (Lipinski definition) is 4. The van der Waals surface area contributed by atoms with E-state index in [4.69, 9.17) is 0 Å². The van der Waals surface area contributed by atoms with E-state index in [1.54, 1.807) is 0 Å². The molecule has 1 unspecified atom stereocenters. The molecular weight excluding hydrogens is 249 g/mol. The van der Waals surface area contributed by atoms with E-state index in [0.29, 0.717) is 0 Å². The molecular formula is C13H16FN3S. The van der Waals surface area contributed by atoms with Gasteiger partial charge in [-0.05, 0) is 48.6 Å². The maximum Gasteiger partial charge on any atom is 0.123 e. The minimum Gasteiger partial charge on any atom is -0.308 e. The zero-order valence-electron chi connectivity index (χ0n) is 10.3. The fourth-order valence-electron chi connectivity index (χ4n) is 1.78. The van der Waals surface area contributed by atoms with Crippen molar-refractivity contribution in [3.8, 4) is 0 Å². The molecule has 0 aliphatic rings. The molecule has 1 N–H and O–H groups in total. The Morgan fingerprint density at radius 1 is 1.33 bits per heavy atom. The Morgan fingerprint density at radius 2 is 2.11 bits per heavy atom. The number of halogens is 1. The number of aromatic nitrogens is 2. The lowest BCUT2D eigenvalue weighted by atomic mass is 10.0. The fraction of sp³-hybridized carbons (Fsp3) is 0.385. The van der Waals surface area contributed by atoms with Gasteiger partial charge in [-0.25, -0.2) is 4.39 Å². The zero-order chi connectivity index (χ0) is 12.8. The number of hydrogen-bond donors (Lipinski definition) is 1. The molecule has 0 bridgehead atoms. The third kappa shape index (κ3) is 3.58. The monoisotopic (exact) mass is 265 g/mol. The molecule has 1 atom stereocenters. The molecule has 3 nitrogen and oxygen atoms in total. The van der Waals surface area contributed by atoms with Gasteiger partial charge in [0.05, 0.1) is 11.7 Å². The summed E-state index contributed by atoms with van der Waals surface area (Å²) in [4.78, 5) is 0.